The molecule has 84 valence electrons. The molecule has 0 saturated heterocycles. The van der Waals surface area contributed by atoms with Gasteiger partial charge >= 0.3 is 6.03 Å². The molecule has 1 amide bonds. The average Bonchev–Trinajstić information content (AvgIpc) is 2.76. The van der Waals surface area contributed by atoms with Crippen LogP contribution in [-0.4, -0.2) is 45.3 Å². The molecule has 15 heavy (non-hydrogen) atoms. The molecule has 1 heterocycles. The van der Waals surface area contributed by atoms with Crippen molar-refractivity contribution in [1.82, 2.24) is 14.5 Å². The zero-order chi connectivity index (χ0) is 11.1. The summed E-state index contributed by atoms with van der Waals surface area (Å²) in [6, 6.07) is -0.130. The van der Waals surface area contributed by atoms with Gasteiger partial charge in [-0.15, -0.1) is 0 Å². The van der Waals surface area contributed by atoms with Crippen LogP contribution in [0.3, 0.4) is 0 Å². The van der Waals surface area contributed by atoms with E-state index in [1.807, 2.05) is 0 Å². The average molecular weight is 211 g/mol. The van der Waals surface area contributed by atoms with E-state index in [-0.39, 0.29) is 12.6 Å². The maximum absolute atomic E-state index is 11.8. The Labute approximate surface area is 89.3 Å². The molecule has 0 aliphatic heterocycles. The molecule has 0 aromatic carbocycles. The van der Waals surface area contributed by atoms with Gasteiger partial charge in [0.05, 0.1) is 6.61 Å². The highest BCUT2D eigenvalue weighted by Crippen LogP contribution is 1.99. The fourth-order valence-electron chi connectivity index (χ4n) is 1.31. The van der Waals surface area contributed by atoms with Crippen molar-refractivity contribution in [3.63, 3.8) is 0 Å². The van der Waals surface area contributed by atoms with E-state index in [9.17, 15) is 4.79 Å². The van der Waals surface area contributed by atoms with Crippen molar-refractivity contribution in [1.29, 1.82) is 0 Å². The first-order chi connectivity index (χ1) is 7.29. The third-order valence-electron chi connectivity index (χ3n) is 2.15. The number of amides is 1. The molecule has 0 unspecified atom stereocenters. The molecular formula is C10H17N3O2. The van der Waals surface area contributed by atoms with E-state index in [0.717, 1.165) is 12.8 Å². The monoisotopic (exact) mass is 211 g/mol. The van der Waals surface area contributed by atoms with Crippen LogP contribution in [0.25, 0.3) is 0 Å². The van der Waals surface area contributed by atoms with Crippen LogP contribution < -0.4 is 0 Å². The van der Waals surface area contributed by atoms with Gasteiger partial charge in [-0.3, -0.25) is 4.57 Å². The van der Waals surface area contributed by atoms with Crippen LogP contribution in [-0.2, 0) is 0 Å². The second-order valence-corrected chi connectivity index (χ2v) is 3.32. The van der Waals surface area contributed by atoms with Crippen LogP contribution in [0.15, 0.2) is 18.7 Å². The first-order valence-electron chi connectivity index (χ1n) is 5.17. The molecule has 0 aliphatic carbocycles. The molecule has 1 N–H and O–H groups in total. The number of carbonyl (C=O) groups is 1. The van der Waals surface area contributed by atoms with Crippen LogP contribution in [0.5, 0.6) is 0 Å². The molecule has 0 saturated carbocycles. The van der Waals surface area contributed by atoms with E-state index in [1.54, 1.807) is 17.3 Å². The summed E-state index contributed by atoms with van der Waals surface area (Å²) >= 11 is 0. The molecule has 0 fully saturated rings. The maximum atomic E-state index is 11.8. The minimum Gasteiger partial charge on any atom is -0.395 e. The van der Waals surface area contributed by atoms with Crippen molar-refractivity contribution in [3.8, 4) is 0 Å². The van der Waals surface area contributed by atoms with Crippen molar-refractivity contribution >= 4 is 6.03 Å². The molecule has 0 spiro atoms. The summed E-state index contributed by atoms with van der Waals surface area (Å²) < 4.78 is 1.42. The number of imidazole rings is 1. The van der Waals surface area contributed by atoms with Crippen LogP contribution in [0, 0.1) is 0 Å². The number of hydrogen-bond acceptors (Lipinski definition) is 3. The van der Waals surface area contributed by atoms with Gasteiger partial charge in [-0.05, 0) is 6.42 Å². The number of nitrogens with zero attached hydrogens (tertiary/aromatic N) is 3. The Morgan fingerprint density at radius 3 is 2.87 bits per heavy atom. The van der Waals surface area contributed by atoms with Crippen LogP contribution in [0.2, 0.25) is 0 Å². The molecule has 5 heteroatoms. The molecule has 1 rings (SSSR count). The fraction of sp³-hybridized carbons (Fsp3) is 0.600. The normalized spacial score (nSPS) is 10.3. The second-order valence-electron chi connectivity index (χ2n) is 3.32. The Hall–Kier alpha value is -1.36. The van der Waals surface area contributed by atoms with Gasteiger partial charge in [-0.25, -0.2) is 9.78 Å². The largest absolute Gasteiger partial charge is 0.395 e. The lowest BCUT2D eigenvalue weighted by atomic mass is 10.3. The lowest BCUT2D eigenvalue weighted by Gasteiger charge is -2.21. The first-order valence-corrected chi connectivity index (χ1v) is 5.17. The van der Waals surface area contributed by atoms with Crippen LogP contribution >= 0.6 is 0 Å². The number of aliphatic hydroxyl groups is 1. The van der Waals surface area contributed by atoms with Gasteiger partial charge in [0.25, 0.3) is 0 Å². The zero-order valence-corrected chi connectivity index (χ0v) is 8.96. The van der Waals surface area contributed by atoms with E-state index >= 15 is 0 Å². The van der Waals surface area contributed by atoms with E-state index < -0.39 is 0 Å². The van der Waals surface area contributed by atoms with E-state index in [1.165, 1.54) is 10.9 Å². The number of rotatable bonds is 5. The lowest BCUT2D eigenvalue weighted by Crippen LogP contribution is -2.37. The summed E-state index contributed by atoms with van der Waals surface area (Å²) in [7, 11) is 0. The number of aliphatic hydroxyl groups excluding tert-OH is 1. The summed E-state index contributed by atoms with van der Waals surface area (Å²) in [6.07, 6.45) is 6.62. The summed E-state index contributed by atoms with van der Waals surface area (Å²) in [5, 5.41) is 8.86. The summed E-state index contributed by atoms with van der Waals surface area (Å²) in [4.78, 5) is 17.3. The molecule has 0 radical (unpaired) electrons. The quantitative estimate of drug-likeness (QED) is 0.788. The lowest BCUT2D eigenvalue weighted by molar-refractivity contribution is 0.177. The number of aromatic nitrogens is 2. The third kappa shape index (κ3) is 3.36. The zero-order valence-electron chi connectivity index (χ0n) is 8.96. The van der Waals surface area contributed by atoms with Gasteiger partial charge in [0.1, 0.15) is 6.33 Å². The first kappa shape index (κ1) is 11.7. The molecule has 1 aromatic rings. The number of unbranched alkanes of at least 4 members (excludes halogenated alkanes) is 1. The summed E-state index contributed by atoms with van der Waals surface area (Å²) in [5.41, 5.74) is 0. The Balaban J connectivity index is 2.58. The second kappa shape index (κ2) is 6.19. The standard InChI is InChI=1S/C10H17N3O2/c1-2-3-5-12(7-8-14)10(15)13-6-4-11-9-13/h4,6,9,14H,2-3,5,7-8H2,1H3. The van der Waals surface area contributed by atoms with Crippen molar-refractivity contribution in [2.24, 2.45) is 0 Å². The SMILES string of the molecule is CCCCN(CCO)C(=O)n1ccnc1. The minimum atomic E-state index is -0.130. The molecule has 1 aromatic heterocycles. The Morgan fingerprint density at radius 1 is 1.53 bits per heavy atom. The smallest absolute Gasteiger partial charge is 0.329 e. The van der Waals surface area contributed by atoms with Gasteiger partial charge in [0, 0.05) is 25.5 Å². The molecular weight excluding hydrogens is 194 g/mol. The van der Waals surface area contributed by atoms with Gasteiger partial charge < -0.3 is 10.0 Å². The van der Waals surface area contributed by atoms with Crippen LogP contribution in [0.4, 0.5) is 4.79 Å². The topological polar surface area (TPSA) is 58.4 Å². The predicted molar refractivity (Wildman–Crippen MR) is 56.6 cm³/mol. The highest BCUT2D eigenvalue weighted by molar-refractivity contribution is 5.76. The van der Waals surface area contributed by atoms with Crippen LogP contribution in [0.1, 0.15) is 19.8 Å². The maximum Gasteiger partial charge on any atom is 0.329 e. The van der Waals surface area contributed by atoms with Gasteiger partial charge in [-0.1, -0.05) is 13.3 Å². The molecule has 5 nitrogen and oxygen atoms in total. The van der Waals surface area contributed by atoms with Crippen molar-refractivity contribution in [2.45, 2.75) is 19.8 Å². The van der Waals surface area contributed by atoms with Crippen molar-refractivity contribution < 1.29 is 9.90 Å². The summed E-state index contributed by atoms with van der Waals surface area (Å²) in [5.74, 6) is 0. The van der Waals surface area contributed by atoms with Gasteiger partial charge in [0.15, 0.2) is 0 Å². The Morgan fingerprint density at radius 2 is 2.33 bits per heavy atom. The van der Waals surface area contributed by atoms with E-state index in [2.05, 4.69) is 11.9 Å². The predicted octanol–water partition coefficient (Wildman–Crippen LogP) is 0.946. The van der Waals surface area contributed by atoms with E-state index in [0.29, 0.717) is 13.1 Å². The highest BCUT2D eigenvalue weighted by atomic mass is 16.3. The van der Waals surface area contributed by atoms with Gasteiger partial charge in [0.2, 0.25) is 0 Å². The fourth-order valence-corrected chi connectivity index (χ4v) is 1.31. The van der Waals surface area contributed by atoms with E-state index in [4.69, 9.17) is 5.11 Å². The summed E-state index contributed by atoms with van der Waals surface area (Å²) in [6.45, 7) is 3.11. The van der Waals surface area contributed by atoms with Crippen molar-refractivity contribution in [3.05, 3.63) is 18.7 Å². The Kier molecular flexibility index (Phi) is 4.83. The molecule has 0 atom stereocenters. The Bertz CT molecular complexity index is 285. The number of carbonyl (C=O) groups excluding carboxylic acids is 1. The molecule has 0 aliphatic rings. The third-order valence-corrected chi connectivity index (χ3v) is 2.15. The molecule has 0 bridgehead atoms. The number of hydrogen-bond donors (Lipinski definition) is 1. The van der Waals surface area contributed by atoms with Gasteiger partial charge in [-0.2, -0.15) is 0 Å². The van der Waals surface area contributed by atoms with Crippen molar-refractivity contribution in [2.75, 3.05) is 19.7 Å². The highest BCUT2D eigenvalue weighted by Gasteiger charge is 2.13. The minimum absolute atomic E-state index is 0.00977.